The van der Waals surface area contributed by atoms with E-state index in [4.69, 9.17) is 0 Å². The van der Waals surface area contributed by atoms with Crippen LogP contribution in [-0.4, -0.2) is 6.43 Å². The van der Waals surface area contributed by atoms with E-state index in [-0.39, 0.29) is 17.3 Å². The Morgan fingerprint density at radius 2 is 1.86 bits per heavy atom. The fourth-order valence-electron chi connectivity index (χ4n) is 6.64. The zero-order valence-electron chi connectivity index (χ0n) is 13.2. The lowest BCUT2D eigenvalue weighted by Crippen LogP contribution is -2.48. The van der Waals surface area contributed by atoms with Crippen LogP contribution in [0.2, 0.25) is 0 Å². The van der Waals surface area contributed by atoms with Crippen molar-refractivity contribution < 1.29 is 8.78 Å². The molecule has 2 fully saturated rings. The van der Waals surface area contributed by atoms with Crippen molar-refractivity contribution in [2.75, 3.05) is 0 Å². The molecule has 0 nitrogen and oxygen atoms in total. The summed E-state index contributed by atoms with van der Waals surface area (Å²) < 4.78 is 27.7. The fourth-order valence-corrected chi connectivity index (χ4v) is 6.64. The topological polar surface area (TPSA) is 0 Å². The highest BCUT2D eigenvalue weighted by molar-refractivity contribution is 5.27. The molecule has 2 heteroatoms. The van der Waals surface area contributed by atoms with E-state index in [1.165, 1.54) is 56.9 Å². The van der Waals surface area contributed by atoms with Gasteiger partial charge in [-0.05, 0) is 81.0 Å². The summed E-state index contributed by atoms with van der Waals surface area (Å²) >= 11 is 0. The van der Waals surface area contributed by atoms with Crippen LogP contribution in [-0.2, 0) is 0 Å². The summed E-state index contributed by atoms with van der Waals surface area (Å²) in [5.41, 5.74) is 3.32. The number of rotatable bonds is 1. The van der Waals surface area contributed by atoms with Crippen LogP contribution in [0.4, 0.5) is 8.78 Å². The van der Waals surface area contributed by atoms with Crippen molar-refractivity contribution >= 4 is 0 Å². The normalized spacial score (nSPS) is 46.3. The molecule has 5 atom stereocenters. The molecule has 0 aromatic heterocycles. The van der Waals surface area contributed by atoms with Gasteiger partial charge in [0, 0.05) is 5.92 Å². The zero-order valence-corrected chi connectivity index (χ0v) is 13.2. The molecule has 0 bridgehead atoms. The lowest BCUT2D eigenvalue weighted by molar-refractivity contribution is -0.0688. The lowest BCUT2D eigenvalue weighted by Gasteiger charge is -2.54. The molecule has 4 rings (SSSR count). The predicted molar refractivity (Wildman–Crippen MR) is 81.3 cm³/mol. The molecule has 0 spiro atoms. The molecule has 0 heterocycles. The molecule has 21 heavy (non-hydrogen) atoms. The number of hydrogen-bond acceptors (Lipinski definition) is 0. The molecule has 0 N–H and O–H groups in total. The van der Waals surface area contributed by atoms with Crippen LogP contribution in [0.1, 0.15) is 71.1 Å². The minimum atomic E-state index is -2.12. The molecule has 0 amide bonds. The molecule has 0 saturated heterocycles. The van der Waals surface area contributed by atoms with Crippen molar-refractivity contribution in [2.24, 2.45) is 29.1 Å². The molecule has 4 aliphatic carbocycles. The van der Waals surface area contributed by atoms with E-state index in [0.29, 0.717) is 5.92 Å². The third-order valence-electron chi connectivity index (χ3n) is 7.43. The Kier molecular flexibility index (Phi) is 3.42. The van der Waals surface area contributed by atoms with Gasteiger partial charge in [0.25, 0.3) is 0 Å². The van der Waals surface area contributed by atoms with Gasteiger partial charge in [0.2, 0.25) is 6.43 Å². The molecule has 0 radical (unpaired) electrons. The lowest BCUT2D eigenvalue weighted by atomic mass is 9.51. The molecule has 118 valence electrons. The first-order valence-corrected chi connectivity index (χ1v) is 9.09. The van der Waals surface area contributed by atoms with Crippen LogP contribution in [0.25, 0.3) is 0 Å². The van der Waals surface area contributed by atoms with Gasteiger partial charge < -0.3 is 0 Å². The van der Waals surface area contributed by atoms with Crippen molar-refractivity contribution in [3.63, 3.8) is 0 Å². The van der Waals surface area contributed by atoms with E-state index in [9.17, 15) is 8.78 Å². The minimum absolute atomic E-state index is 0.217. The highest BCUT2D eigenvalue weighted by Gasteiger charge is 2.56. The Bertz CT molecular complexity index is 452. The second-order valence-electron chi connectivity index (χ2n) is 8.42. The molecule has 0 aliphatic heterocycles. The average molecular weight is 294 g/mol. The van der Waals surface area contributed by atoms with Gasteiger partial charge in [0.05, 0.1) is 0 Å². The minimum Gasteiger partial charge on any atom is -0.210 e. The van der Waals surface area contributed by atoms with Crippen molar-refractivity contribution in [1.29, 1.82) is 0 Å². The maximum atomic E-state index is 13.9. The molecular weight excluding hydrogens is 266 g/mol. The van der Waals surface area contributed by atoms with E-state index >= 15 is 0 Å². The molecule has 0 aromatic rings. The first-order valence-electron chi connectivity index (χ1n) is 9.09. The Morgan fingerprint density at radius 1 is 1.05 bits per heavy atom. The summed E-state index contributed by atoms with van der Waals surface area (Å²) in [7, 11) is 0. The van der Waals surface area contributed by atoms with E-state index in [2.05, 4.69) is 6.92 Å². The maximum absolute atomic E-state index is 13.9. The smallest absolute Gasteiger partial charge is 0.210 e. The second-order valence-corrected chi connectivity index (χ2v) is 8.42. The van der Waals surface area contributed by atoms with Crippen LogP contribution >= 0.6 is 0 Å². The number of alkyl halides is 2. The summed E-state index contributed by atoms with van der Waals surface area (Å²) in [6.45, 7) is 2.32. The van der Waals surface area contributed by atoms with Crippen molar-refractivity contribution in [3.8, 4) is 0 Å². The van der Waals surface area contributed by atoms with Gasteiger partial charge in [-0.3, -0.25) is 0 Å². The van der Waals surface area contributed by atoms with Crippen molar-refractivity contribution in [3.05, 3.63) is 11.1 Å². The first kappa shape index (κ1) is 14.2. The second kappa shape index (κ2) is 5.06. The molecular formula is C19H28F2. The number of halogens is 2. The molecule has 4 aliphatic rings. The van der Waals surface area contributed by atoms with Crippen molar-refractivity contribution in [1.82, 2.24) is 0 Å². The predicted octanol–water partition coefficient (Wildman–Crippen LogP) is 5.97. The van der Waals surface area contributed by atoms with Gasteiger partial charge >= 0.3 is 0 Å². The molecule has 2 saturated carbocycles. The fraction of sp³-hybridized carbons (Fsp3) is 0.895. The Balaban J connectivity index is 1.74. The summed E-state index contributed by atoms with van der Waals surface area (Å²) in [6.07, 6.45) is 9.71. The molecule has 0 unspecified atom stereocenters. The third-order valence-corrected chi connectivity index (χ3v) is 7.43. The van der Waals surface area contributed by atoms with Crippen LogP contribution in [0.3, 0.4) is 0 Å². The van der Waals surface area contributed by atoms with Gasteiger partial charge in [-0.2, -0.15) is 0 Å². The van der Waals surface area contributed by atoms with E-state index in [1.807, 2.05) is 0 Å². The first-order chi connectivity index (χ1) is 10.1. The monoisotopic (exact) mass is 294 g/mol. The van der Waals surface area contributed by atoms with Crippen LogP contribution in [0.5, 0.6) is 0 Å². The summed E-state index contributed by atoms with van der Waals surface area (Å²) in [5.74, 6) is 1.19. The summed E-state index contributed by atoms with van der Waals surface area (Å²) in [5, 5.41) is 0. The largest absolute Gasteiger partial charge is 0.242 e. The Labute approximate surface area is 127 Å². The Morgan fingerprint density at radius 3 is 2.67 bits per heavy atom. The van der Waals surface area contributed by atoms with Crippen LogP contribution in [0, 0.1) is 29.1 Å². The van der Waals surface area contributed by atoms with Gasteiger partial charge in [-0.25, -0.2) is 8.78 Å². The third kappa shape index (κ3) is 2.11. The summed E-state index contributed by atoms with van der Waals surface area (Å²) in [4.78, 5) is 0. The van der Waals surface area contributed by atoms with Crippen LogP contribution in [0.15, 0.2) is 11.1 Å². The Hall–Kier alpha value is -0.400. The highest BCUT2D eigenvalue weighted by Crippen LogP contribution is 2.63. The van der Waals surface area contributed by atoms with Gasteiger partial charge in [-0.15, -0.1) is 0 Å². The highest BCUT2D eigenvalue weighted by atomic mass is 19.3. The van der Waals surface area contributed by atoms with E-state index < -0.39 is 6.43 Å². The van der Waals surface area contributed by atoms with Gasteiger partial charge in [0.1, 0.15) is 0 Å². The maximum Gasteiger partial charge on any atom is 0.242 e. The number of hydrogen-bond donors (Lipinski definition) is 0. The molecule has 0 aromatic carbocycles. The summed E-state index contributed by atoms with van der Waals surface area (Å²) in [6, 6.07) is 0. The zero-order chi connectivity index (χ0) is 14.6. The van der Waals surface area contributed by atoms with E-state index in [0.717, 1.165) is 18.8 Å². The average Bonchev–Trinajstić information content (AvgIpc) is 2.87. The number of allylic oxidation sites excluding steroid dienone is 2. The standard InChI is InChI=1S/C19H28F2/c1-19-10-4-7-16(19)14-9-8-12-5-2-3-6-13(12)17(14)15(11-19)18(20)21/h14-18H,2-11H2,1H3/t14-,15-,16-,17+,19-/m0/s1. The quantitative estimate of drug-likeness (QED) is 0.522. The van der Waals surface area contributed by atoms with E-state index in [1.54, 1.807) is 5.57 Å². The van der Waals surface area contributed by atoms with Gasteiger partial charge in [-0.1, -0.05) is 24.5 Å². The van der Waals surface area contributed by atoms with Gasteiger partial charge in [0.15, 0.2) is 0 Å². The number of fused-ring (bicyclic) bond motifs is 4. The van der Waals surface area contributed by atoms with Crippen molar-refractivity contribution in [2.45, 2.75) is 77.6 Å². The SMILES string of the molecule is C[C@@]12CCC[C@H]1[C@@H]1CCC3=C(CCCC3)[C@H]1[C@@H](C(F)F)C2. The van der Waals surface area contributed by atoms with Crippen LogP contribution < -0.4 is 0 Å².